The normalized spacial score (nSPS) is 12.9. The monoisotopic (exact) mass is 167 g/mol. The van der Waals surface area contributed by atoms with Gasteiger partial charge in [-0.05, 0) is 38.1 Å². The van der Waals surface area contributed by atoms with Crippen LogP contribution in [0.1, 0.15) is 12.5 Å². The van der Waals surface area contributed by atoms with Crippen LogP contribution in [-0.2, 0) is 6.42 Å². The topological polar surface area (TPSA) is 12.0 Å². The van der Waals surface area contributed by atoms with E-state index in [-0.39, 0.29) is 5.82 Å². The molecule has 0 bridgehead atoms. The molecule has 0 fully saturated rings. The fourth-order valence-electron chi connectivity index (χ4n) is 1.12. The molecule has 1 atom stereocenters. The largest absolute Gasteiger partial charge is 0.317 e. The molecule has 1 rings (SSSR count). The molecule has 0 saturated carbocycles. The Morgan fingerprint density at radius 3 is 2.83 bits per heavy atom. The molecule has 66 valence electrons. The molecule has 0 unspecified atom stereocenters. The molecule has 12 heavy (non-hydrogen) atoms. The molecule has 0 spiro atoms. The van der Waals surface area contributed by atoms with Crippen LogP contribution in [0.25, 0.3) is 0 Å². The molecule has 0 aliphatic heterocycles. The molecule has 1 nitrogen and oxygen atoms in total. The summed E-state index contributed by atoms with van der Waals surface area (Å²) in [6.45, 7) is 2.07. The predicted octanol–water partition coefficient (Wildman–Crippen LogP) is 1.98. The van der Waals surface area contributed by atoms with E-state index in [1.165, 1.54) is 6.07 Å². The minimum atomic E-state index is -0.157. The third-order valence-electron chi connectivity index (χ3n) is 1.92. The summed E-state index contributed by atoms with van der Waals surface area (Å²) >= 11 is 0. The Morgan fingerprint density at radius 1 is 1.50 bits per heavy atom. The molecule has 0 radical (unpaired) electrons. The van der Waals surface area contributed by atoms with Gasteiger partial charge in [-0.15, -0.1) is 0 Å². The number of halogens is 1. The zero-order valence-electron chi connectivity index (χ0n) is 7.47. The third-order valence-corrected chi connectivity index (χ3v) is 1.92. The van der Waals surface area contributed by atoms with Crippen LogP contribution in [0.5, 0.6) is 0 Å². The molecule has 0 aliphatic carbocycles. The molecular weight excluding hydrogens is 153 g/mol. The van der Waals surface area contributed by atoms with Crippen molar-refractivity contribution in [1.82, 2.24) is 5.32 Å². The standard InChI is InChI=1S/C10H14FN/c1-8(12-2)6-9-4-3-5-10(11)7-9/h3-5,7-8,12H,6H2,1-2H3/t8-/m0/s1. The Balaban J connectivity index is 2.63. The average Bonchev–Trinajstić information content (AvgIpc) is 2.04. The van der Waals surface area contributed by atoms with Crippen molar-refractivity contribution in [2.45, 2.75) is 19.4 Å². The number of nitrogens with one attached hydrogen (secondary N) is 1. The highest BCUT2D eigenvalue weighted by molar-refractivity contribution is 5.17. The Hall–Kier alpha value is -0.890. The summed E-state index contributed by atoms with van der Waals surface area (Å²) in [4.78, 5) is 0. The SMILES string of the molecule is CN[C@@H](C)Cc1cccc(F)c1. The van der Waals surface area contributed by atoms with E-state index in [0.29, 0.717) is 6.04 Å². The van der Waals surface area contributed by atoms with Crippen LogP contribution < -0.4 is 5.32 Å². The van der Waals surface area contributed by atoms with Crippen LogP contribution in [-0.4, -0.2) is 13.1 Å². The second-order valence-electron chi connectivity index (χ2n) is 3.02. The second kappa shape index (κ2) is 4.21. The molecule has 1 aromatic rings. The maximum atomic E-state index is 12.7. The highest BCUT2D eigenvalue weighted by Gasteiger charge is 2.00. The maximum absolute atomic E-state index is 12.7. The van der Waals surface area contributed by atoms with Gasteiger partial charge in [0.25, 0.3) is 0 Å². The summed E-state index contributed by atoms with van der Waals surface area (Å²) in [5.41, 5.74) is 1.04. The summed E-state index contributed by atoms with van der Waals surface area (Å²) in [5.74, 6) is -0.157. The van der Waals surface area contributed by atoms with Gasteiger partial charge < -0.3 is 5.32 Å². The van der Waals surface area contributed by atoms with Crippen LogP contribution in [0, 0.1) is 5.82 Å². The smallest absolute Gasteiger partial charge is 0.123 e. The third kappa shape index (κ3) is 2.62. The number of hydrogen-bond acceptors (Lipinski definition) is 1. The van der Waals surface area contributed by atoms with Gasteiger partial charge in [0.2, 0.25) is 0 Å². The summed E-state index contributed by atoms with van der Waals surface area (Å²) in [7, 11) is 1.91. The van der Waals surface area contributed by atoms with Gasteiger partial charge in [-0.2, -0.15) is 0 Å². The van der Waals surface area contributed by atoms with E-state index in [9.17, 15) is 4.39 Å². The highest BCUT2D eigenvalue weighted by atomic mass is 19.1. The van der Waals surface area contributed by atoms with Crippen LogP contribution in [0.3, 0.4) is 0 Å². The van der Waals surface area contributed by atoms with Crippen molar-refractivity contribution in [2.75, 3.05) is 7.05 Å². The first kappa shape index (κ1) is 9.20. The Kier molecular flexibility index (Phi) is 3.23. The number of hydrogen-bond donors (Lipinski definition) is 1. The first-order valence-electron chi connectivity index (χ1n) is 4.14. The second-order valence-corrected chi connectivity index (χ2v) is 3.02. The lowest BCUT2D eigenvalue weighted by molar-refractivity contribution is 0.597. The molecule has 0 aromatic heterocycles. The molecule has 0 saturated heterocycles. The minimum absolute atomic E-state index is 0.157. The van der Waals surface area contributed by atoms with Crippen molar-refractivity contribution in [3.8, 4) is 0 Å². The minimum Gasteiger partial charge on any atom is -0.317 e. The quantitative estimate of drug-likeness (QED) is 0.725. The first-order valence-corrected chi connectivity index (χ1v) is 4.14. The summed E-state index contributed by atoms with van der Waals surface area (Å²) in [6, 6.07) is 7.12. The Bertz CT molecular complexity index is 247. The number of rotatable bonds is 3. The molecule has 0 aliphatic rings. The average molecular weight is 167 g/mol. The van der Waals surface area contributed by atoms with Crippen LogP contribution >= 0.6 is 0 Å². The summed E-state index contributed by atoms with van der Waals surface area (Å²) < 4.78 is 12.7. The van der Waals surface area contributed by atoms with Gasteiger partial charge >= 0.3 is 0 Å². The van der Waals surface area contributed by atoms with Crippen LogP contribution in [0.15, 0.2) is 24.3 Å². The molecular formula is C10H14FN. The zero-order chi connectivity index (χ0) is 8.97. The fraction of sp³-hybridized carbons (Fsp3) is 0.400. The fourth-order valence-corrected chi connectivity index (χ4v) is 1.12. The molecule has 1 aromatic carbocycles. The maximum Gasteiger partial charge on any atom is 0.123 e. The van der Waals surface area contributed by atoms with Gasteiger partial charge in [0.1, 0.15) is 5.82 Å². The van der Waals surface area contributed by atoms with Gasteiger partial charge in [-0.25, -0.2) is 4.39 Å². The van der Waals surface area contributed by atoms with Crippen molar-refractivity contribution in [2.24, 2.45) is 0 Å². The highest BCUT2D eigenvalue weighted by Crippen LogP contribution is 2.05. The first-order chi connectivity index (χ1) is 5.72. The predicted molar refractivity (Wildman–Crippen MR) is 48.6 cm³/mol. The van der Waals surface area contributed by atoms with Crippen molar-refractivity contribution >= 4 is 0 Å². The number of likely N-dealkylation sites (N-methyl/N-ethyl adjacent to an activating group) is 1. The van der Waals surface area contributed by atoms with Crippen LogP contribution in [0.4, 0.5) is 4.39 Å². The molecule has 1 N–H and O–H groups in total. The van der Waals surface area contributed by atoms with Crippen molar-refractivity contribution in [3.63, 3.8) is 0 Å². The van der Waals surface area contributed by atoms with E-state index in [4.69, 9.17) is 0 Å². The molecule has 0 amide bonds. The summed E-state index contributed by atoms with van der Waals surface area (Å²) in [5, 5.41) is 3.11. The van der Waals surface area contributed by atoms with E-state index in [1.54, 1.807) is 12.1 Å². The summed E-state index contributed by atoms with van der Waals surface area (Å²) in [6.07, 6.45) is 0.869. The van der Waals surface area contributed by atoms with Crippen molar-refractivity contribution in [3.05, 3.63) is 35.6 Å². The van der Waals surface area contributed by atoms with Gasteiger partial charge in [0.15, 0.2) is 0 Å². The van der Waals surface area contributed by atoms with E-state index in [1.807, 2.05) is 13.1 Å². The van der Waals surface area contributed by atoms with Crippen molar-refractivity contribution < 1.29 is 4.39 Å². The van der Waals surface area contributed by atoms with Gasteiger partial charge in [-0.3, -0.25) is 0 Å². The lowest BCUT2D eigenvalue weighted by atomic mass is 10.1. The van der Waals surface area contributed by atoms with E-state index < -0.39 is 0 Å². The van der Waals surface area contributed by atoms with E-state index in [0.717, 1.165) is 12.0 Å². The Labute approximate surface area is 72.6 Å². The number of benzene rings is 1. The lowest BCUT2D eigenvalue weighted by Gasteiger charge is -2.09. The Morgan fingerprint density at radius 2 is 2.25 bits per heavy atom. The van der Waals surface area contributed by atoms with E-state index in [2.05, 4.69) is 12.2 Å². The molecule has 0 heterocycles. The molecule has 2 heteroatoms. The van der Waals surface area contributed by atoms with Crippen molar-refractivity contribution in [1.29, 1.82) is 0 Å². The van der Waals surface area contributed by atoms with E-state index >= 15 is 0 Å². The van der Waals surface area contributed by atoms with Gasteiger partial charge in [0.05, 0.1) is 0 Å². The van der Waals surface area contributed by atoms with Gasteiger partial charge in [-0.1, -0.05) is 12.1 Å². The van der Waals surface area contributed by atoms with Crippen LogP contribution in [0.2, 0.25) is 0 Å². The lowest BCUT2D eigenvalue weighted by Crippen LogP contribution is -2.23. The van der Waals surface area contributed by atoms with Gasteiger partial charge in [0, 0.05) is 6.04 Å². The zero-order valence-corrected chi connectivity index (χ0v) is 7.47.